The van der Waals surface area contributed by atoms with Crippen molar-refractivity contribution in [3.8, 4) is 5.75 Å². The number of anilines is 1. The Morgan fingerprint density at radius 2 is 1.90 bits per heavy atom. The van der Waals surface area contributed by atoms with Crippen LogP contribution < -0.4 is 9.64 Å². The van der Waals surface area contributed by atoms with Gasteiger partial charge in [0, 0.05) is 30.4 Å². The molecule has 0 radical (unpaired) electrons. The highest BCUT2D eigenvalue weighted by Gasteiger charge is 2.20. The van der Waals surface area contributed by atoms with E-state index in [9.17, 15) is 4.79 Å². The summed E-state index contributed by atoms with van der Waals surface area (Å²) < 4.78 is 5.88. The van der Waals surface area contributed by atoms with Crippen LogP contribution in [0.3, 0.4) is 0 Å². The summed E-state index contributed by atoms with van der Waals surface area (Å²) in [6, 6.07) is 16.8. The second-order valence-electron chi connectivity index (χ2n) is 8.33. The minimum absolute atomic E-state index is 0.163. The fraction of sp³-hybridized carbons (Fsp3) is 0.480. The van der Waals surface area contributed by atoms with Gasteiger partial charge >= 0.3 is 0 Å². The van der Waals surface area contributed by atoms with Gasteiger partial charge in [0.2, 0.25) is 0 Å². The van der Waals surface area contributed by atoms with E-state index in [1.54, 1.807) is 0 Å². The molecule has 1 saturated heterocycles. The number of benzene rings is 2. The lowest BCUT2D eigenvalue weighted by atomic mass is 10.0. The van der Waals surface area contributed by atoms with Crippen molar-refractivity contribution in [3.05, 3.63) is 59.7 Å². The Morgan fingerprint density at radius 3 is 2.69 bits per heavy atom. The van der Waals surface area contributed by atoms with Gasteiger partial charge in [0.25, 0.3) is 0 Å². The second kappa shape index (κ2) is 9.45. The van der Waals surface area contributed by atoms with Crippen LogP contribution >= 0.6 is 0 Å². The quantitative estimate of drug-likeness (QED) is 0.486. The lowest BCUT2D eigenvalue weighted by Crippen LogP contribution is -2.34. The van der Waals surface area contributed by atoms with E-state index in [4.69, 9.17) is 4.74 Å². The van der Waals surface area contributed by atoms with Gasteiger partial charge in [-0.25, -0.2) is 0 Å². The maximum atomic E-state index is 12.8. The van der Waals surface area contributed by atoms with Crippen molar-refractivity contribution in [2.75, 3.05) is 37.7 Å². The summed E-state index contributed by atoms with van der Waals surface area (Å²) in [5, 5.41) is 0. The molecule has 0 bridgehead atoms. The fourth-order valence-corrected chi connectivity index (χ4v) is 4.56. The molecule has 2 aromatic rings. The summed E-state index contributed by atoms with van der Waals surface area (Å²) in [5.74, 6) is 1.01. The number of hydrogen-bond acceptors (Lipinski definition) is 4. The van der Waals surface area contributed by atoms with Crippen LogP contribution in [0.25, 0.3) is 0 Å². The van der Waals surface area contributed by atoms with Gasteiger partial charge in [0.15, 0.2) is 5.78 Å². The molecule has 154 valence electrons. The van der Waals surface area contributed by atoms with Crippen molar-refractivity contribution in [1.82, 2.24) is 4.90 Å². The first-order valence-electron chi connectivity index (χ1n) is 11.0. The molecule has 2 heterocycles. The average molecular weight is 393 g/mol. The molecule has 2 aliphatic rings. The summed E-state index contributed by atoms with van der Waals surface area (Å²) in [6.07, 6.45) is 5.89. The number of Topliss-reactive ketones (excluding diaryl/α,β-unsaturated/α-hetero) is 1. The predicted molar refractivity (Wildman–Crippen MR) is 118 cm³/mol. The maximum absolute atomic E-state index is 12.8. The van der Waals surface area contributed by atoms with Gasteiger partial charge in [-0.3, -0.25) is 4.79 Å². The van der Waals surface area contributed by atoms with Gasteiger partial charge in [0.05, 0.1) is 13.2 Å². The second-order valence-corrected chi connectivity index (χ2v) is 8.33. The molecule has 1 atom stereocenters. The number of ether oxygens (including phenoxy) is 1. The molecule has 0 N–H and O–H groups in total. The van der Waals surface area contributed by atoms with Crippen LogP contribution in [0.4, 0.5) is 5.69 Å². The smallest absolute Gasteiger partial charge is 0.182 e. The van der Waals surface area contributed by atoms with Crippen LogP contribution in [0.15, 0.2) is 48.5 Å². The number of rotatable bonds is 8. The number of ketones is 1. The summed E-state index contributed by atoms with van der Waals surface area (Å²) in [5.41, 5.74) is 3.31. The van der Waals surface area contributed by atoms with Crippen molar-refractivity contribution in [2.24, 2.45) is 0 Å². The van der Waals surface area contributed by atoms with Gasteiger partial charge in [-0.1, -0.05) is 18.2 Å². The van der Waals surface area contributed by atoms with Crippen molar-refractivity contribution >= 4 is 11.5 Å². The summed E-state index contributed by atoms with van der Waals surface area (Å²) >= 11 is 0. The standard InChI is InChI=1S/C25H32N2O2/c1-20-7-4-15-26(20)17-6-18-29-23-13-11-22(12-14-23)25(28)19-27-16-5-9-21-8-2-3-10-24(21)27/h2-3,8,10-14,20H,4-7,9,15-19H2,1H3/t20-/m1/s1. The van der Waals surface area contributed by atoms with Crippen molar-refractivity contribution < 1.29 is 9.53 Å². The predicted octanol–water partition coefficient (Wildman–Crippen LogP) is 4.58. The molecule has 0 unspecified atom stereocenters. The molecular formula is C25H32N2O2. The molecule has 0 saturated carbocycles. The molecule has 0 aliphatic carbocycles. The van der Waals surface area contributed by atoms with Crippen molar-refractivity contribution in [1.29, 1.82) is 0 Å². The molecule has 1 fully saturated rings. The number of hydrogen-bond donors (Lipinski definition) is 0. The number of likely N-dealkylation sites (tertiary alicyclic amines) is 1. The van der Waals surface area contributed by atoms with E-state index < -0.39 is 0 Å². The minimum Gasteiger partial charge on any atom is -0.494 e. The Balaban J connectivity index is 1.26. The van der Waals surface area contributed by atoms with Crippen LogP contribution in [0.2, 0.25) is 0 Å². The average Bonchev–Trinajstić information content (AvgIpc) is 3.16. The van der Waals surface area contributed by atoms with E-state index in [1.165, 1.54) is 30.6 Å². The van der Waals surface area contributed by atoms with Gasteiger partial charge in [-0.05, 0) is 81.5 Å². The number of nitrogens with zero attached hydrogens (tertiary/aromatic N) is 2. The molecule has 0 spiro atoms. The third-order valence-electron chi connectivity index (χ3n) is 6.27. The van der Waals surface area contributed by atoms with E-state index >= 15 is 0 Å². The first-order valence-corrected chi connectivity index (χ1v) is 11.0. The van der Waals surface area contributed by atoms with Crippen LogP contribution in [0, 0.1) is 0 Å². The Hall–Kier alpha value is -2.33. The molecule has 2 aliphatic heterocycles. The zero-order valence-corrected chi connectivity index (χ0v) is 17.5. The number of carbonyl (C=O) groups excluding carboxylic acids is 1. The Morgan fingerprint density at radius 1 is 1.07 bits per heavy atom. The SMILES string of the molecule is C[C@@H]1CCCN1CCCOc1ccc(C(=O)CN2CCCc3ccccc32)cc1. The molecule has 2 aromatic carbocycles. The molecule has 0 aromatic heterocycles. The topological polar surface area (TPSA) is 32.8 Å². The lowest BCUT2D eigenvalue weighted by molar-refractivity contribution is 0.0998. The summed E-state index contributed by atoms with van der Waals surface area (Å²) in [7, 11) is 0. The summed E-state index contributed by atoms with van der Waals surface area (Å²) in [4.78, 5) is 17.5. The van der Waals surface area contributed by atoms with E-state index in [0.29, 0.717) is 12.6 Å². The van der Waals surface area contributed by atoms with Crippen LogP contribution in [-0.2, 0) is 6.42 Å². The Labute approximate surface area is 174 Å². The van der Waals surface area contributed by atoms with Crippen LogP contribution in [0.1, 0.15) is 48.5 Å². The number of para-hydroxylation sites is 1. The number of fused-ring (bicyclic) bond motifs is 1. The van der Waals surface area contributed by atoms with Crippen molar-refractivity contribution in [3.63, 3.8) is 0 Å². The lowest BCUT2D eigenvalue weighted by Gasteiger charge is -2.30. The third kappa shape index (κ3) is 4.99. The summed E-state index contributed by atoms with van der Waals surface area (Å²) in [6.45, 7) is 6.74. The molecular weight excluding hydrogens is 360 g/mol. The number of carbonyl (C=O) groups is 1. The van der Waals surface area contributed by atoms with E-state index in [1.807, 2.05) is 24.3 Å². The monoisotopic (exact) mass is 392 g/mol. The molecule has 4 heteroatoms. The third-order valence-corrected chi connectivity index (χ3v) is 6.27. The van der Waals surface area contributed by atoms with E-state index in [2.05, 4.69) is 41.0 Å². The highest BCUT2D eigenvalue weighted by molar-refractivity contribution is 5.99. The zero-order chi connectivity index (χ0) is 20.1. The Kier molecular flexibility index (Phi) is 6.50. The first kappa shape index (κ1) is 20.0. The normalized spacial score (nSPS) is 19.2. The van der Waals surface area contributed by atoms with Crippen LogP contribution in [-0.4, -0.2) is 49.5 Å². The van der Waals surface area contributed by atoms with Crippen molar-refractivity contribution in [2.45, 2.75) is 45.1 Å². The van der Waals surface area contributed by atoms with Crippen LogP contribution in [0.5, 0.6) is 5.75 Å². The molecule has 29 heavy (non-hydrogen) atoms. The fourth-order valence-electron chi connectivity index (χ4n) is 4.56. The largest absolute Gasteiger partial charge is 0.494 e. The first-order chi connectivity index (χ1) is 14.2. The zero-order valence-electron chi connectivity index (χ0n) is 17.5. The Bertz CT molecular complexity index is 818. The van der Waals surface area contributed by atoms with E-state index in [-0.39, 0.29) is 5.78 Å². The van der Waals surface area contributed by atoms with Gasteiger partial charge in [-0.15, -0.1) is 0 Å². The van der Waals surface area contributed by atoms with Gasteiger partial charge in [-0.2, -0.15) is 0 Å². The molecule has 4 rings (SSSR count). The maximum Gasteiger partial charge on any atom is 0.182 e. The van der Waals surface area contributed by atoms with Gasteiger partial charge in [0.1, 0.15) is 5.75 Å². The molecule has 0 amide bonds. The highest BCUT2D eigenvalue weighted by atomic mass is 16.5. The number of aryl methyl sites for hydroxylation is 1. The minimum atomic E-state index is 0.163. The highest BCUT2D eigenvalue weighted by Crippen LogP contribution is 2.27. The van der Waals surface area contributed by atoms with Gasteiger partial charge < -0.3 is 14.5 Å². The van der Waals surface area contributed by atoms with E-state index in [0.717, 1.165) is 50.3 Å². The molecule has 4 nitrogen and oxygen atoms in total.